The van der Waals surface area contributed by atoms with Gasteiger partial charge >= 0.3 is 0 Å². The first kappa shape index (κ1) is 21.2. The van der Waals surface area contributed by atoms with Crippen molar-refractivity contribution < 1.29 is 32.1 Å². The van der Waals surface area contributed by atoms with Crippen LogP contribution in [0.2, 0.25) is 0 Å². The van der Waals surface area contributed by atoms with Crippen molar-refractivity contribution in [3.8, 4) is 28.7 Å². The molecule has 1 fully saturated rings. The van der Waals surface area contributed by atoms with E-state index in [1.165, 1.54) is 0 Å². The molecule has 5 rings (SSSR count). The van der Waals surface area contributed by atoms with Gasteiger partial charge in [-0.15, -0.1) is 0 Å². The normalized spacial score (nSPS) is 18.1. The van der Waals surface area contributed by atoms with Gasteiger partial charge in [0.15, 0.2) is 23.0 Å². The van der Waals surface area contributed by atoms with Crippen LogP contribution < -0.4 is 23.7 Å². The monoisotopic (exact) mass is 462 g/mol. The number of nitrogens with zero attached hydrogens (tertiary/aromatic N) is 2. The van der Waals surface area contributed by atoms with Gasteiger partial charge < -0.3 is 23.7 Å². The second-order valence-electron chi connectivity index (χ2n) is 7.90. The van der Waals surface area contributed by atoms with Gasteiger partial charge in [0.1, 0.15) is 5.75 Å². The van der Waals surface area contributed by atoms with Crippen LogP contribution in [0.4, 0.5) is 0 Å². The van der Waals surface area contributed by atoms with E-state index in [-0.39, 0.29) is 19.3 Å². The Hall–Kier alpha value is -2.69. The molecule has 32 heavy (non-hydrogen) atoms. The van der Waals surface area contributed by atoms with Crippen molar-refractivity contribution in [2.75, 3.05) is 52.1 Å². The van der Waals surface area contributed by atoms with E-state index >= 15 is 0 Å². The fraction of sp³-hybridized carbons (Fsp3) is 0.455. The van der Waals surface area contributed by atoms with Crippen molar-refractivity contribution in [3.63, 3.8) is 0 Å². The van der Waals surface area contributed by atoms with Crippen LogP contribution in [0.5, 0.6) is 28.7 Å². The average molecular weight is 463 g/mol. The lowest BCUT2D eigenvalue weighted by Gasteiger charge is -2.34. The predicted molar refractivity (Wildman–Crippen MR) is 116 cm³/mol. The molecule has 2 aromatic carbocycles. The van der Waals surface area contributed by atoms with E-state index < -0.39 is 10.0 Å². The van der Waals surface area contributed by atoms with Crippen LogP contribution in [-0.2, 0) is 16.6 Å². The SMILES string of the molecule is O=S(=O)(CCCOc1ccc2c(c1)OCO2)N1CCN(Cc2ccc3c(c2)OCO3)CC1. The quantitative estimate of drug-likeness (QED) is 0.551. The van der Waals surface area contributed by atoms with Crippen molar-refractivity contribution in [1.82, 2.24) is 9.21 Å². The van der Waals surface area contributed by atoms with Gasteiger partial charge in [-0.05, 0) is 36.2 Å². The number of benzene rings is 2. The Balaban J connectivity index is 1.05. The van der Waals surface area contributed by atoms with Crippen molar-refractivity contribution in [1.29, 1.82) is 0 Å². The number of rotatable bonds is 8. The Morgan fingerprint density at radius 3 is 2.22 bits per heavy atom. The summed E-state index contributed by atoms with van der Waals surface area (Å²) >= 11 is 0. The number of ether oxygens (including phenoxy) is 5. The zero-order valence-corrected chi connectivity index (χ0v) is 18.5. The minimum atomic E-state index is -3.31. The third-order valence-electron chi connectivity index (χ3n) is 5.73. The van der Waals surface area contributed by atoms with Gasteiger partial charge in [-0.3, -0.25) is 4.90 Å². The molecule has 0 aliphatic carbocycles. The maximum Gasteiger partial charge on any atom is 0.231 e. The van der Waals surface area contributed by atoms with E-state index in [1.807, 2.05) is 18.2 Å². The van der Waals surface area contributed by atoms with Gasteiger partial charge in [-0.25, -0.2) is 8.42 Å². The number of fused-ring (bicyclic) bond motifs is 2. The molecule has 0 unspecified atom stereocenters. The summed E-state index contributed by atoms with van der Waals surface area (Å²) in [5.41, 5.74) is 1.13. The molecule has 0 atom stereocenters. The molecule has 0 saturated carbocycles. The van der Waals surface area contributed by atoms with Crippen LogP contribution in [-0.4, -0.2) is 69.7 Å². The molecule has 10 heteroatoms. The standard InChI is InChI=1S/C22H26N2O7S/c25-32(26,11-1-10-27-18-3-5-20-22(13-18)31-16-29-20)24-8-6-23(7-9-24)14-17-2-4-19-21(12-17)30-15-28-19/h2-5,12-13H,1,6-11,14-16H2. The first-order chi connectivity index (χ1) is 15.6. The van der Waals surface area contributed by atoms with Gasteiger partial charge in [-0.1, -0.05) is 6.07 Å². The van der Waals surface area contributed by atoms with Crippen LogP contribution in [0.15, 0.2) is 36.4 Å². The third-order valence-corrected chi connectivity index (χ3v) is 7.68. The maximum absolute atomic E-state index is 12.7. The van der Waals surface area contributed by atoms with Crippen LogP contribution in [0.3, 0.4) is 0 Å². The zero-order chi connectivity index (χ0) is 22.0. The Morgan fingerprint density at radius 1 is 0.812 bits per heavy atom. The summed E-state index contributed by atoms with van der Waals surface area (Å²) in [7, 11) is -3.31. The van der Waals surface area contributed by atoms with Gasteiger partial charge in [0, 0.05) is 38.8 Å². The largest absolute Gasteiger partial charge is 0.493 e. The summed E-state index contributed by atoms with van der Waals surface area (Å²) in [6.07, 6.45) is 0.425. The number of piperazine rings is 1. The topological polar surface area (TPSA) is 86.8 Å². The third kappa shape index (κ3) is 4.72. The fourth-order valence-corrected chi connectivity index (χ4v) is 5.45. The van der Waals surface area contributed by atoms with Gasteiger partial charge in [0.25, 0.3) is 0 Å². The molecule has 172 valence electrons. The van der Waals surface area contributed by atoms with Crippen LogP contribution >= 0.6 is 0 Å². The molecule has 9 nitrogen and oxygen atoms in total. The molecule has 0 spiro atoms. The van der Waals surface area contributed by atoms with Gasteiger partial charge in [0.05, 0.1) is 12.4 Å². The van der Waals surface area contributed by atoms with Crippen LogP contribution in [0, 0.1) is 0 Å². The van der Waals surface area contributed by atoms with Crippen LogP contribution in [0.1, 0.15) is 12.0 Å². The molecule has 3 heterocycles. The van der Waals surface area contributed by atoms with E-state index in [0.29, 0.717) is 56.5 Å². The summed E-state index contributed by atoms with van der Waals surface area (Å²) in [5.74, 6) is 3.59. The van der Waals surface area contributed by atoms with Crippen molar-refractivity contribution in [2.24, 2.45) is 0 Å². The highest BCUT2D eigenvalue weighted by Gasteiger charge is 2.27. The summed E-state index contributed by atoms with van der Waals surface area (Å²) in [5, 5.41) is 0. The Morgan fingerprint density at radius 2 is 1.47 bits per heavy atom. The summed E-state index contributed by atoms with van der Waals surface area (Å²) in [4.78, 5) is 2.26. The summed E-state index contributed by atoms with van der Waals surface area (Å²) < 4.78 is 54.1. The minimum absolute atomic E-state index is 0.0692. The lowest BCUT2D eigenvalue weighted by Crippen LogP contribution is -2.48. The van der Waals surface area contributed by atoms with Crippen LogP contribution in [0.25, 0.3) is 0 Å². The Labute approximate surface area is 187 Å². The summed E-state index contributed by atoms with van der Waals surface area (Å²) in [6, 6.07) is 11.3. The molecule has 2 aromatic rings. The average Bonchev–Trinajstić information content (AvgIpc) is 3.46. The van der Waals surface area contributed by atoms with E-state index in [9.17, 15) is 8.42 Å². The van der Waals surface area contributed by atoms with Crippen molar-refractivity contribution in [2.45, 2.75) is 13.0 Å². The van der Waals surface area contributed by atoms with Crippen molar-refractivity contribution in [3.05, 3.63) is 42.0 Å². The maximum atomic E-state index is 12.7. The van der Waals surface area contributed by atoms with Gasteiger partial charge in [-0.2, -0.15) is 4.31 Å². The first-order valence-corrected chi connectivity index (χ1v) is 12.3. The smallest absolute Gasteiger partial charge is 0.231 e. The highest BCUT2D eigenvalue weighted by molar-refractivity contribution is 7.89. The number of hydrogen-bond acceptors (Lipinski definition) is 8. The molecule has 1 saturated heterocycles. The second-order valence-corrected chi connectivity index (χ2v) is 9.98. The lowest BCUT2D eigenvalue weighted by atomic mass is 10.2. The highest BCUT2D eigenvalue weighted by Crippen LogP contribution is 2.35. The molecular weight excluding hydrogens is 436 g/mol. The van der Waals surface area contributed by atoms with E-state index in [0.717, 1.165) is 23.6 Å². The number of sulfonamides is 1. The minimum Gasteiger partial charge on any atom is -0.493 e. The number of hydrogen-bond donors (Lipinski definition) is 0. The molecule has 3 aliphatic rings. The van der Waals surface area contributed by atoms with Crippen molar-refractivity contribution >= 4 is 10.0 Å². The zero-order valence-electron chi connectivity index (χ0n) is 17.7. The Kier molecular flexibility index (Phi) is 5.99. The lowest BCUT2D eigenvalue weighted by molar-refractivity contribution is 0.173. The Bertz CT molecular complexity index is 1070. The molecule has 0 bridgehead atoms. The molecule has 0 radical (unpaired) electrons. The van der Waals surface area contributed by atoms with Gasteiger partial charge in [0.2, 0.25) is 23.6 Å². The first-order valence-electron chi connectivity index (χ1n) is 10.7. The molecule has 3 aliphatic heterocycles. The van der Waals surface area contributed by atoms with E-state index in [2.05, 4.69) is 4.90 Å². The van der Waals surface area contributed by atoms with E-state index in [4.69, 9.17) is 23.7 Å². The predicted octanol–water partition coefficient (Wildman–Crippen LogP) is 2.06. The second kappa shape index (κ2) is 9.05. The molecule has 0 amide bonds. The molecular formula is C22H26N2O7S. The van der Waals surface area contributed by atoms with E-state index in [1.54, 1.807) is 22.5 Å². The highest BCUT2D eigenvalue weighted by atomic mass is 32.2. The summed E-state index contributed by atoms with van der Waals surface area (Å²) in [6.45, 7) is 3.93. The fourth-order valence-electron chi connectivity index (χ4n) is 3.99. The molecule has 0 aromatic heterocycles. The molecule has 0 N–H and O–H groups in total.